The van der Waals surface area contributed by atoms with Crippen LogP contribution in [0.15, 0.2) is 36.4 Å². The summed E-state index contributed by atoms with van der Waals surface area (Å²) in [7, 11) is 0. The van der Waals surface area contributed by atoms with Crippen molar-refractivity contribution >= 4 is 34.6 Å². The van der Waals surface area contributed by atoms with Gasteiger partial charge >= 0.3 is 0 Å². The number of hydrogen-bond donors (Lipinski definition) is 2. The highest BCUT2D eigenvalue weighted by Gasteiger charge is 2.13. The Labute approximate surface area is 104 Å². The number of anilines is 2. The number of nitrogen functional groups attached to an aromatic ring is 2. The van der Waals surface area contributed by atoms with Gasteiger partial charge in [0.05, 0.1) is 10.0 Å². The number of benzene rings is 2. The number of hydrogen-bond acceptors (Lipinski definition) is 2. The molecule has 0 atom stereocenters. The van der Waals surface area contributed by atoms with Crippen molar-refractivity contribution in [2.24, 2.45) is 0 Å². The molecule has 2 nitrogen and oxygen atoms in total. The maximum atomic E-state index is 6.11. The van der Waals surface area contributed by atoms with Crippen LogP contribution in [0.25, 0.3) is 11.1 Å². The first kappa shape index (κ1) is 11.1. The normalized spacial score (nSPS) is 10.4. The van der Waals surface area contributed by atoms with Gasteiger partial charge in [-0.3, -0.25) is 0 Å². The van der Waals surface area contributed by atoms with E-state index in [-0.39, 0.29) is 0 Å². The maximum absolute atomic E-state index is 6.11. The van der Waals surface area contributed by atoms with Crippen LogP contribution < -0.4 is 11.5 Å². The van der Waals surface area contributed by atoms with Crippen molar-refractivity contribution in [1.29, 1.82) is 0 Å². The van der Waals surface area contributed by atoms with Crippen molar-refractivity contribution in [1.82, 2.24) is 0 Å². The Bertz CT molecular complexity index is 449. The van der Waals surface area contributed by atoms with Gasteiger partial charge in [-0.05, 0) is 24.3 Å². The van der Waals surface area contributed by atoms with Crippen molar-refractivity contribution in [3.05, 3.63) is 46.4 Å². The minimum absolute atomic E-state index is 0.541. The standard InChI is InChI=1S/C12H10Cl2N2/c13-7-3-1-5-9(15)11(7)12-8(14)4-2-6-10(12)16/h1-6H,15-16H2. The second kappa shape index (κ2) is 4.24. The van der Waals surface area contributed by atoms with Gasteiger partial charge in [0.15, 0.2) is 0 Å². The lowest BCUT2D eigenvalue weighted by molar-refractivity contribution is 1.60. The van der Waals surface area contributed by atoms with Gasteiger partial charge in [0.2, 0.25) is 0 Å². The quantitative estimate of drug-likeness (QED) is 0.759. The Morgan fingerprint density at radius 3 is 1.38 bits per heavy atom. The summed E-state index contributed by atoms with van der Waals surface area (Å²) >= 11 is 12.2. The zero-order valence-electron chi connectivity index (χ0n) is 8.37. The summed E-state index contributed by atoms with van der Waals surface area (Å²) in [6.45, 7) is 0. The van der Waals surface area contributed by atoms with Crippen LogP contribution in [-0.4, -0.2) is 0 Å². The van der Waals surface area contributed by atoms with Gasteiger partial charge in [-0.15, -0.1) is 0 Å². The van der Waals surface area contributed by atoms with Crippen LogP contribution in [0.1, 0.15) is 0 Å². The molecule has 16 heavy (non-hydrogen) atoms. The molecule has 0 bridgehead atoms. The molecular weight excluding hydrogens is 243 g/mol. The van der Waals surface area contributed by atoms with Crippen LogP contribution in [-0.2, 0) is 0 Å². The lowest BCUT2D eigenvalue weighted by atomic mass is 10.0. The molecular formula is C12H10Cl2N2. The third kappa shape index (κ3) is 1.82. The van der Waals surface area contributed by atoms with Crippen LogP contribution >= 0.6 is 23.2 Å². The predicted molar refractivity (Wildman–Crippen MR) is 70.7 cm³/mol. The molecule has 0 aromatic heterocycles. The second-order valence-electron chi connectivity index (χ2n) is 3.41. The van der Waals surface area contributed by atoms with Crippen molar-refractivity contribution in [3.63, 3.8) is 0 Å². The summed E-state index contributed by atoms with van der Waals surface area (Å²) in [6.07, 6.45) is 0. The van der Waals surface area contributed by atoms with Crippen molar-refractivity contribution in [3.8, 4) is 11.1 Å². The Hall–Kier alpha value is -1.38. The lowest BCUT2D eigenvalue weighted by Crippen LogP contribution is -1.95. The minimum Gasteiger partial charge on any atom is -0.398 e. The maximum Gasteiger partial charge on any atom is 0.0506 e. The highest BCUT2D eigenvalue weighted by atomic mass is 35.5. The van der Waals surface area contributed by atoms with Gasteiger partial charge in [-0.25, -0.2) is 0 Å². The van der Waals surface area contributed by atoms with Gasteiger partial charge in [0, 0.05) is 22.5 Å². The molecule has 0 amide bonds. The predicted octanol–water partition coefficient (Wildman–Crippen LogP) is 3.82. The van der Waals surface area contributed by atoms with Crippen LogP contribution in [0.2, 0.25) is 10.0 Å². The third-order valence-electron chi connectivity index (χ3n) is 2.34. The van der Waals surface area contributed by atoms with E-state index in [1.54, 1.807) is 36.4 Å². The van der Waals surface area contributed by atoms with E-state index in [4.69, 9.17) is 34.7 Å². The summed E-state index contributed by atoms with van der Waals surface area (Å²) < 4.78 is 0. The Morgan fingerprint density at radius 2 is 1.06 bits per heavy atom. The van der Waals surface area contributed by atoms with Crippen LogP contribution in [0.4, 0.5) is 11.4 Å². The Balaban J connectivity index is 2.77. The molecule has 4 N–H and O–H groups in total. The molecule has 4 heteroatoms. The van der Waals surface area contributed by atoms with Crippen LogP contribution in [0.5, 0.6) is 0 Å². The van der Waals surface area contributed by atoms with Crippen LogP contribution in [0, 0.1) is 0 Å². The summed E-state index contributed by atoms with van der Waals surface area (Å²) in [6, 6.07) is 10.6. The van der Waals surface area contributed by atoms with E-state index < -0.39 is 0 Å². The average molecular weight is 253 g/mol. The topological polar surface area (TPSA) is 52.0 Å². The highest BCUT2D eigenvalue weighted by molar-refractivity contribution is 6.37. The minimum atomic E-state index is 0.541. The molecule has 82 valence electrons. The fourth-order valence-electron chi connectivity index (χ4n) is 1.61. The first-order valence-electron chi connectivity index (χ1n) is 4.69. The van der Waals surface area contributed by atoms with E-state index in [0.29, 0.717) is 32.5 Å². The number of rotatable bonds is 1. The fraction of sp³-hybridized carbons (Fsp3) is 0. The third-order valence-corrected chi connectivity index (χ3v) is 2.97. The molecule has 0 fully saturated rings. The van der Waals surface area contributed by atoms with Gasteiger partial charge in [-0.2, -0.15) is 0 Å². The van der Waals surface area contributed by atoms with Crippen molar-refractivity contribution < 1.29 is 0 Å². The zero-order chi connectivity index (χ0) is 11.7. The molecule has 2 aromatic rings. The average Bonchev–Trinajstić information content (AvgIpc) is 2.21. The van der Waals surface area contributed by atoms with Crippen molar-refractivity contribution in [2.75, 3.05) is 11.5 Å². The van der Waals surface area contributed by atoms with E-state index in [0.717, 1.165) is 0 Å². The van der Waals surface area contributed by atoms with Crippen LogP contribution in [0.3, 0.4) is 0 Å². The monoisotopic (exact) mass is 252 g/mol. The van der Waals surface area contributed by atoms with E-state index >= 15 is 0 Å². The van der Waals surface area contributed by atoms with E-state index in [2.05, 4.69) is 0 Å². The molecule has 0 aliphatic rings. The molecule has 0 unspecified atom stereocenters. The largest absolute Gasteiger partial charge is 0.398 e. The van der Waals surface area contributed by atoms with E-state index in [1.807, 2.05) is 0 Å². The molecule has 0 saturated heterocycles. The first-order valence-corrected chi connectivity index (χ1v) is 5.45. The molecule has 0 aliphatic carbocycles. The number of nitrogens with two attached hydrogens (primary N) is 2. The molecule has 0 heterocycles. The molecule has 2 aromatic carbocycles. The molecule has 2 rings (SSSR count). The molecule has 0 saturated carbocycles. The smallest absolute Gasteiger partial charge is 0.0506 e. The van der Waals surface area contributed by atoms with Crippen molar-refractivity contribution in [2.45, 2.75) is 0 Å². The SMILES string of the molecule is Nc1cccc(Cl)c1-c1c(N)cccc1Cl. The van der Waals surface area contributed by atoms with E-state index in [9.17, 15) is 0 Å². The molecule has 0 aliphatic heterocycles. The Kier molecular flexibility index (Phi) is 2.95. The summed E-state index contributed by atoms with van der Waals surface area (Å²) in [4.78, 5) is 0. The van der Waals surface area contributed by atoms with E-state index in [1.165, 1.54) is 0 Å². The second-order valence-corrected chi connectivity index (χ2v) is 4.22. The number of halogens is 2. The Morgan fingerprint density at radius 1 is 0.688 bits per heavy atom. The van der Waals surface area contributed by atoms with Gasteiger partial charge in [-0.1, -0.05) is 35.3 Å². The van der Waals surface area contributed by atoms with Gasteiger partial charge < -0.3 is 11.5 Å². The molecule has 0 spiro atoms. The zero-order valence-corrected chi connectivity index (χ0v) is 9.89. The lowest BCUT2D eigenvalue weighted by Gasteiger charge is -2.12. The highest BCUT2D eigenvalue weighted by Crippen LogP contribution is 2.40. The summed E-state index contributed by atoms with van der Waals surface area (Å²) in [5.74, 6) is 0. The summed E-state index contributed by atoms with van der Waals surface area (Å²) in [5.41, 5.74) is 14.3. The summed E-state index contributed by atoms with van der Waals surface area (Å²) in [5, 5.41) is 1.08. The fourth-order valence-corrected chi connectivity index (χ4v) is 2.16. The van der Waals surface area contributed by atoms with Gasteiger partial charge in [0.25, 0.3) is 0 Å². The first-order chi connectivity index (χ1) is 7.61. The molecule has 0 radical (unpaired) electrons. The van der Waals surface area contributed by atoms with Gasteiger partial charge in [0.1, 0.15) is 0 Å².